The number of methoxy groups -OCH3 is 1. The number of hydrogen-bond donors (Lipinski definition) is 2. The van der Waals surface area contributed by atoms with Gasteiger partial charge in [-0.3, -0.25) is 4.79 Å². The maximum atomic E-state index is 11.2. The van der Waals surface area contributed by atoms with Crippen LogP contribution in [0, 0.1) is 0 Å². The Balaban J connectivity index is 3.07. The van der Waals surface area contributed by atoms with E-state index < -0.39 is 11.9 Å². The van der Waals surface area contributed by atoms with Crippen molar-refractivity contribution in [3.63, 3.8) is 0 Å². The second kappa shape index (κ2) is 6.47. The molecule has 0 heterocycles. The molecule has 1 aromatic rings. The fraction of sp³-hybridized carbons (Fsp3) is 0.417. The van der Waals surface area contributed by atoms with Crippen molar-refractivity contribution < 1.29 is 14.6 Å². The van der Waals surface area contributed by atoms with Crippen LogP contribution >= 0.6 is 11.6 Å². The summed E-state index contributed by atoms with van der Waals surface area (Å²) in [6.45, 7) is 0.465. The molecule has 0 fully saturated rings. The normalized spacial score (nSPS) is 12.2. The predicted molar refractivity (Wildman–Crippen MR) is 66.7 cm³/mol. The number of carboxylic acid groups (broad SMARTS) is 1. The summed E-state index contributed by atoms with van der Waals surface area (Å²) in [7, 11) is 1.51. The molecule has 0 aliphatic heterocycles. The Morgan fingerprint density at radius 2 is 2.29 bits per heavy atom. The number of rotatable bonds is 6. The van der Waals surface area contributed by atoms with Gasteiger partial charge in [-0.05, 0) is 37.6 Å². The molecule has 3 N–H and O–H groups in total. The molecule has 1 rings (SSSR count). The molecule has 1 aromatic carbocycles. The van der Waals surface area contributed by atoms with E-state index in [-0.39, 0.29) is 0 Å². The molecule has 94 valence electrons. The molecular formula is C12H16ClNO3. The highest BCUT2D eigenvalue weighted by atomic mass is 35.5. The zero-order valence-corrected chi connectivity index (χ0v) is 10.4. The first-order valence-corrected chi connectivity index (χ1v) is 5.74. The number of ether oxygens (including phenoxy) is 1. The van der Waals surface area contributed by atoms with Crippen molar-refractivity contribution in [3.05, 3.63) is 28.8 Å². The Bertz CT molecular complexity index is 395. The van der Waals surface area contributed by atoms with Gasteiger partial charge in [-0.15, -0.1) is 0 Å². The first-order chi connectivity index (χ1) is 8.10. The first-order valence-electron chi connectivity index (χ1n) is 5.36. The quantitative estimate of drug-likeness (QED) is 0.820. The molecule has 4 nitrogen and oxygen atoms in total. The van der Waals surface area contributed by atoms with Gasteiger partial charge >= 0.3 is 5.97 Å². The Hall–Kier alpha value is -1.26. The molecule has 1 atom stereocenters. The van der Waals surface area contributed by atoms with Crippen LogP contribution in [0.4, 0.5) is 0 Å². The summed E-state index contributed by atoms with van der Waals surface area (Å²) in [6.07, 6.45) is 1.12. The Morgan fingerprint density at radius 3 is 2.82 bits per heavy atom. The molecule has 5 heteroatoms. The van der Waals surface area contributed by atoms with Crippen molar-refractivity contribution >= 4 is 17.6 Å². The van der Waals surface area contributed by atoms with Crippen molar-refractivity contribution in [2.75, 3.05) is 13.7 Å². The lowest BCUT2D eigenvalue weighted by Gasteiger charge is -2.16. The van der Waals surface area contributed by atoms with Crippen LogP contribution in [0.1, 0.15) is 24.3 Å². The van der Waals surface area contributed by atoms with Gasteiger partial charge in [0, 0.05) is 10.6 Å². The van der Waals surface area contributed by atoms with Gasteiger partial charge in [-0.25, -0.2) is 0 Å². The first kappa shape index (κ1) is 13.8. The molecule has 0 radical (unpaired) electrons. The fourth-order valence-corrected chi connectivity index (χ4v) is 1.89. The predicted octanol–water partition coefficient (Wildman–Crippen LogP) is 2.26. The minimum atomic E-state index is -0.890. The van der Waals surface area contributed by atoms with E-state index in [2.05, 4.69) is 0 Å². The Labute approximate surface area is 105 Å². The van der Waals surface area contributed by atoms with Gasteiger partial charge in [0.15, 0.2) is 0 Å². The van der Waals surface area contributed by atoms with Crippen LogP contribution in [0.2, 0.25) is 5.02 Å². The lowest BCUT2D eigenvalue weighted by atomic mass is 9.93. The highest BCUT2D eigenvalue weighted by Gasteiger charge is 2.23. The average Bonchev–Trinajstić information content (AvgIpc) is 2.29. The number of carboxylic acids is 1. The van der Waals surface area contributed by atoms with E-state index in [0.717, 1.165) is 0 Å². The largest absolute Gasteiger partial charge is 0.496 e. The SMILES string of the molecule is COc1ccc(Cl)cc1C(CCCN)C(=O)O. The molecule has 0 spiro atoms. The summed E-state index contributed by atoms with van der Waals surface area (Å²) in [6, 6.07) is 4.98. The Kier molecular flexibility index (Phi) is 5.25. The van der Waals surface area contributed by atoms with Crippen molar-refractivity contribution in [2.45, 2.75) is 18.8 Å². The number of hydrogen-bond acceptors (Lipinski definition) is 3. The van der Waals surface area contributed by atoms with Gasteiger partial charge in [0.05, 0.1) is 13.0 Å². The van der Waals surface area contributed by atoms with Gasteiger partial charge in [-0.1, -0.05) is 11.6 Å². The summed E-state index contributed by atoms with van der Waals surface area (Å²) < 4.78 is 5.16. The number of carbonyl (C=O) groups is 1. The molecule has 0 saturated heterocycles. The van der Waals surface area contributed by atoms with E-state index in [1.807, 2.05) is 0 Å². The summed E-state index contributed by atoms with van der Waals surface area (Å²) >= 11 is 5.88. The molecule has 0 amide bonds. The maximum Gasteiger partial charge on any atom is 0.311 e. The molecule has 0 saturated carbocycles. The molecule has 17 heavy (non-hydrogen) atoms. The summed E-state index contributed by atoms with van der Waals surface area (Å²) in [4.78, 5) is 11.2. The van der Waals surface area contributed by atoms with E-state index in [4.69, 9.17) is 22.1 Å². The van der Waals surface area contributed by atoms with E-state index in [1.165, 1.54) is 7.11 Å². The molecule has 0 aromatic heterocycles. The number of aliphatic carboxylic acids is 1. The zero-order valence-electron chi connectivity index (χ0n) is 9.65. The fourth-order valence-electron chi connectivity index (χ4n) is 1.71. The third kappa shape index (κ3) is 3.61. The van der Waals surface area contributed by atoms with Crippen LogP contribution in [0.3, 0.4) is 0 Å². The van der Waals surface area contributed by atoms with Crippen molar-refractivity contribution in [1.82, 2.24) is 0 Å². The third-order valence-electron chi connectivity index (χ3n) is 2.56. The lowest BCUT2D eigenvalue weighted by molar-refractivity contribution is -0.139. The van der Waals surface area contributed by atoms with E-state index >= 15 is 0 Å². The molecular weight excluding hydrogens is 242 g/mol. The van der Waals surface area contributed by atoms with Gasteiger partial charge < -0.3 is 15.6 Å². The van der Waals surface area contributed by atoms with Crippen LogP contribution in [0.15, 0.2) is 18.2 Å². The van der Waals surface area contributed by atoms with Crippen LogP contribution in [0.25, 0.3) is 0 Å². The lowest BCUT2D eigenvalue weighted by Crippen LogP contribution is -2.14. The Morgan fingerprint density at radius 1 is 1.59 bits per heavy atom. The molecule has 1 unspecified atom stereocenters. The number of halogens is 1. The second-order valence-corrected chi connectivity index (χ2v) is 4.14. The summed E-state index contributed by atoms with van der Waals surface area (Å²) in [5, 5.41) is 9.72. The minimum absolute atomic E-state index is 0.465. The highest BCUT2D eigenvalue weighted by molar-refractivity contribution is 6.30. The van der Waals surface area contributed by atoms with Crippen molar-refractivity contribution in [2.24, 2.45) is 5.73 Å². The van der Waals surface area contributed by atoms with Crippen LogP contribution in [0.5, 0.6) is 5.75 Å². The van der Waals surface area contributed by atoms with Gasteiger partial charge in [0.25, 0.3) is 0 Å². The third-order valence-corrected chi connectivity index (χ3v) is 2.80. The zero-order chi connectivity index (χ0) is 12.8. The summed E-state index contributed by atoms with van der Waals surface area (Å²) in [5.74, 6) is -0.981. The summed E-state index contributed by atoms with van der Waals surface area (Å²) in [5.41, 5.74) is 6.00. The number of nitrogens with two attached hydrogens (primary N) is 1. The van der Waals surface area contributed by atoms with E-state index in [9.17, 15) is 9.90 Å². The van der Waals surface area contributed by atoms with Gasteiger partial charge in [0.1, 0.15) is 5.75 Å². The second-order valence-electron chi connectivity index (χ2n) is 3.71. The van der Waals surface area contributed by atoms with E-state index in [0.29, 0.717) is 35.7 Å². The standard InChI is InChI=1S/C12H16ClNO3/c1-17-11-5-4-8(13)7-10(11)9(12(15)16)3-2-6-14/h4-5,7,9H,2-3,6,14H2,1H3,(H,15,16). The van der Waals surface area contributed by atoms with Crippen molar-refractivity contribution in [1.29, 1.82) is 0 Å². The van der Waals surface area contributed by atoms with Gasteiger partial charge in [0.2, 0.25) is 0 Å². The topological polar surface area (TPSA) is 72.5 Å². The van der Waals surface area contributed by atoms with E-state index in [1.54, 1.807) is 18.2 Å². The minimum Gasteiger partial charge on any atom is -0.496 e. The monoisotopic (exact) mass is 257 g/mol. The van der Waals surface area contributed by atoms with Crippen LogP contribution in [-0.4, -0.2) is 24.7 Å². The van der Waals surface area contributed by atoms with Crippen molar-refractivity contribution in [3.8, 4) is 5.75 Å². The molecule has 0 aliphatic carbocycles. The maximum absolute atomic E-state index is 11.2. The number of benzene rings is 1. The average molecular weight is 258 g/mol. The molecule has 0 bridgehead atoms. The molecule has 0 aliphatic rings. The van der Waals surface area contributed by atoms with Crippen LogP contribution in [-0.2, 0) is 4.79 Å². The smallest absolute Gasteiger partial charge is 0.311 e. The highest BCUT2D eigenvalue weighted by Crippen LogP contribution is 2.32. The van der Waals surface area contributed by atoms with Crippen LogP contribution < -0.4 is 10.5 Å². The van der Waals surface area contributed by atoms with Gasteiger partial charge in [-0.2, -0.15) is 0 Å².